The molecule has 1 rings (SSSR count). The maximum Gasteiger partial charge on any atom is 0.246 e. The minimum absolute atomic E-state index is 0.200. The van der Waals surface area contributed by atoms with Crippen molar-refractivity contribution in [2.45, 2.75) is 24.4 Å². The summed E-state index contributed by atoms with van der Waals surface area (Å²) in [5.74, 6) is -0.127. The molecule has 21 heavy (non-hydrogen) atoms. The highest BCUT2D eigenvalue weighted by Gasteiger charge is 2.29. The number of rotatable bonds is 7. The zero-order valence-corrected chi connectivity index (χ0v) is 14.9. The second kappa shape index (κ2) is 7.78. The van der Waals surface area contributed by atoms with Gasteiger partial charge < -0.3 is 5.32 Å². The quantitative estimate of drug-likeness (QED) is 0.817. The Morgan fingerprint density at radius 3 is 2.62 bits per heavy atom. The van der Waals surface area contributed by atoms with Crippen LogP contribution in [0.1, 0.15) is 12.5 Å². The van der Waals surface area contributed by atoms with Crippen LogP contribution < -0.4 is 5.32 Å². The zero-order valence-electron chi connectivity index (χ0n) is 12.5. The standard InChI is InChI=1S/C13H20ClFN2O2S2/c1-9(8-20-4)17(3)21(18,19)12-6-11(14)5-10(7-16-2)13(12)15/h5-6,9,16H,7-8H2,1-4H3. The van der Waals surface area contributed by atoms with Gasteiger partial charge in [-0.05, 0) is 32.4 Å². The van der Waals surface area contributed by atoms with Gasteiger partial charge in [0.15, 0.2) is 0 Å². The second-order valence-corrected chi connectivity index (χ2v) is 8.05. The fourth-order valence-electron chi connectivity index (χ4n) is 1.86. The summed E-state index contributed by atoms with van der Waals surface area (Å²) in [7, 11) is -0.815. The lowest BCUT2D eigenvalue weighted by Crippen LogP contribution is -2.37. The van der Waals surface area contributed by atoms with E-state index in [0.29, 0.717) is 5.75 Å². The van der Waals surface area contributed by atoms with Crippen molar-refractivity contribution < 1.29 is 12.8 Å². The first-order valence-corrected chi connectivity index (χ1v) is 9.56. The fourth-order valence-corrected chi connectivity index (χ4v) is 4.46. The van der Waals surface area contributed by atoms with Crippen molar-refractivity contribution >= 4 is 33.4 Å². The van der Waals surface area contributed by atoms with Crippen LogP contribution in [0.25, 0.3) is 0 Å². The van der Waals surface area contributed by atoms with E-state index in [9.17, 15) is 12.8 Å². The van der Waals surface area contributed by atoms with Gasteiger partial charge in [-0.3, -0.25) is 0 Å². The highest BCUT2D eigenvalue weighted by atomic mass is 35.5. The monoisotopic (exact) mass is 354 g/mol. The molecule has 1 atom stereocenters. The summed E-state index contributed by atoms with van der Waals surface area (Å²) in [6.07, 6.45) is 1.89. The Hall–Kier alpha value is -0.340. The number of nitrogens with one attached hydrogen (secondary N) is 1. The molecule has 120 valence electrons. The molecular formula is C13H20ClFN2O2S2. The fraction of sp³-hybridized carbons (Fsp3) is 0.538. The van der Waals surface area contributed by atoms with Crippen molar-refractivity contribution in [2.75, 3.05) is 26.1 Å². The van der Waals surface area contributed by atoms with E-state index >= 15 is 0 Å². The molecule has 0 heterocycles. The molecule has 0 aliphatic rings. The lowest BCUT2D eigenvalue weighted by Gasteiger charge is -2.24. The number of benzene rings is 1. The van der Waals surface area contributed by atoms with Crippen LogP contribution in [0.5, 0.6) is 0 Å². The predicted molar refractivity (Wildman–Crippen MR) is 87.0 cm³/mol. The average Bonchev–Trinajstić information content (AvgIpc) is 2.41. The summed E-state index contributed by atoms with van der Waals surface area (Å²) >= 11 is 7.46. The molecule has 1 aromatic rings. The smallest absolute Gasteiger partial charge is 0.246 e. The number of sulfonamides is 1. The molecule has 0 aliphatic heterocycles. The van der Waals surface area contributed by atoms with Gasteiger partial charge >= 0.3 is 0 Å². The first-order valence-electron chi connectivity index (χ1n) is 6.35. The molecule has 1 aromatic carbocycles. The summed E-state index contributed by atoms with van der Waals surface area (Å²) in [6, 6.07) is 2.35. The molecule has 0 aliphatic carbocycles. The lowest BCUT2D eigenvalue weighted by atomic mass is 10.2. The Bertz CT molecular complexity index is 596. The Balaban J connectivity index is 3.31. The summed E-state index contributed by atoms with van der Waals surface area (Å²) in [5, 5.41) is 2.99. The minimum Gasteiger partial charge on any atom is -0.316 e. The maximum atomic E-state index is 14.4. The van der Waals surface area contributed by atoms with E-state index in [1.807, 2.05) is 6.26 Å². The molecule has 0 amide bonds. The van der Waals surface area contributed by atoms with Gasteiger partial charge in [-0.15, -0.1) is 0 Å². The van der Waals surface area contributed by atoms with Crippen LogP contribution in [0.2, 0.25) is 5.02 Å². The highest BCUT2D eigenvalue weighted by Crippen LogP contribution is 2.27. The van der Waals surface area contributed by atoms with Crippen molar-refractivity contribution in [3.05, 3.63) is 28.5 Å². The first kappa shape index (κ1) is 18.7. The molecule has 0 bridgehead atoms. The van der Waals surface area contributed by atoms with Gasteiger partial charge in [0.05, 0.1) is 0 Å². The summed E-state index contributed by atoms with van der Waals surface area (Å²) < 4.78 is 40.8. The van der Waals surface area contributed by atoms with Gasteiger partial charge in [0.2, 0.25) is 10.0 Å². The van der Waals surface area contributed by atoms with Gasteiger partial charge in [-0.2, -0.15) is 16.1 Å². The van der Waals surface area contributed by atoms with Crippen LogP contribution in [-0.2, 0) is 16.6 Å². The molecule has 1 N–H and O–H groups in total. The van der Waals surface area contributed by atoms with Crippen molar-refractivity contribution in [1.82, 2.24) is 9.62 Å². The van der Waals surface area contributed by atoms with Gasteiger partial charge in [-0.1, -0.05) is 11.6 Å². The van der Waals surface area contributed by atoms with E-state index in [0.717, 1.165) is 6.07 Å². The second-order valence-electron chi connectivity index (χ2n) is 4.73. The molecule has 0 aromatic heterocycles. The molecule has 0 radical (unpaired) electrons. The van der Waals surface area contributed by atoms with Crippen molar-refractivity contribution in [3.8, 4) is 0 Å². The van der Waals surface area contributed by atoms with E-state index in [4.69, 9.17) is 11.6 Å². The van der Waals surface area contributed by atoms with Crippen LogP contribution in [-0.4, -0.2) is 44.9 Å². The molecular weight excluding hydrogens is 335 g/mol. The Labute approximate surface area is 135 Å². The van der Waals surface area contributed by atoms with E-state index in [1.54, 1.807) is 14.0 Å². The third-order valence-electron chi connectivity index (χ3n) is 3.13. The average molecular weight is 355 g/mol. The van der Waals surface area contributed by atoms with Gasteiger partial charge in [0, 0.05) is 36.0 Å². The lowest BCUT2D eigenvalue weighted by molar-refractivity contribution is 0.411. The van der Waals surface area contributed by atoms with Gasteiger partial charge in [-0.25, -0.2) is 12.8 Å². The number of hydrogen-bond acceptors (Lipinski definition) is 4. The topological polar surface area (TPSA) is 49.4 Å². The number of hydrogen-bond donors (Lipinski definition) is 1. The molecule has 4 nitrogen and oxygen atoms in total. The molecule has 8 heteroatoms. The minimum atomic E-state index is -3.92. The molecule has 1 unspecified atom stereocenters. The molecule has 0 fully saturated rings. The number of nitrogens with zero attached hydrogens (tertiary/aromatic N) is 1. The number of halogens is 2. The number of thioether (sulfide) groups is 1. The van der Waals surface area contributed by atoms with Crippen LogP contribution in [0, 0.1) is 5.82 Å². The van der Waals surface area contributed by atoms with E-state index < -0.39 is 15.8 Å². The van der Waals surface area contributed by atoms with Crippen molar-refractivity contribution in [3.63, 3.8) is 0 Å². The van der Waals surface area contributed by atoms with Crippen molar-refractivity contribution in [2.24, 2.45) is 0 Å². The maximum absolute atomic E-state index is 14.4. The largest absolute Gasteiger partial charge is 0.316 e. The highest BCUT2D eigenvalue weighted by molar-refractivity contribution is 7.98. The molecule has 0 saturated carbocycles. The third kappa shape index (κ3) is 4.32. The molecule has 0 saturated heterocycles. The van der Waals surface area contributed by atoms with Crippen LogP contribution in [0.15, 0.2) is 17.0 Å². The Morgan fingerprint density at radius 1 is 1.48 bits per heavy atom. The van der Waals surface area contributed by atoms with Gasteiger partial charge in [0.1, 0.15) is 10.7 Å². The van der Waals surface area contributed by atoms with Crippen LogP contribution >= 0.6 is 23.4 Å². The summed E-state index contributed by atoms with van der Waals surface area (Å²) in [6.45, 7) is 1.99. The Morgan fingerprint density at radius 2 is 2.10 bits per heavy atom. The van der Waals surface area contributed by atoms with Crippen LogP contribution in [0.4, 0.5) is 4.39 Å². The van der Waals surface area contributed by atoms with Crippen molar-refractivity contribution in [1.29, 1.82) is 0 Å². The summed E-state index contributed by atoms with van der Waals surface area (Å²) in [5.41, 5.74) is 0.231. The first-order chi connectivity index (χ1) is 9.75. The Kier molecular flexibility index (Phi) is 6.93. The van der Waals surface area contributed by atoms with Crippen LogP contribution in [0.3, 0.4) is 0 Å². The van der Waals surface area contributed by atoms with E-state index in [2.05, 4.69) is 5.32 Å². The van der Waals surface area contributed by atoms with E-state index in [1.165, 1.54) is 29.2 Å². The van der Waals surface area contributed by atoms with Gasteiger partial charge in [0.25, 0.3) is 0 Å². The third-order valence-corrected chi connectivity index (χ3v) is 6.14. The normalized spacial score (nSPS) is 13.7. The molecule has 0 spiro atoms. The van der Waals surface area contributed by atoms with E-state index in [-0.39, 0.29) is 28.1 Å². The predicted octanol–water partition coefficient (Wildman–Crippen LogP) is 2.57. The zero-order chi connectivity index (χ0) is 16.2. The SMILES string of the molecule is CNCc1cc(Cl)cc(S(=O)(=O)N(C)C(C)CSC)c1F. The summed E-state index contributed by atoms with van der Waals surface area (Å²) in [4.78, 5) is -0.379.